The predicted molar refractivity (Wildman–Crippen MR) is 109 cm³/mol. The highest BCUT2D eigenvalue weighted by molar-refractivity contribution is 6.12. The third-order valence-corrected chi connectivity index (χ3v) is 5.78. The van der Waals surface area contributed by atoms with Crippen LogP contribution in [0.25, 0.3) is 11.3 Å². The van der Waals surface area contributed by atoms with Gasteiger partial charge in [0.1, 0.15) is 5.75 Å². The van der Waals surface area contributed by atoms with Crippen molar-refractivity contribution in [3.05, 3.63) is 53.7 Å². The Morgan fingerprint density at radius 2 is 1.97 bits per heavy atom. The Hall–Kier alpha value is -3.22. The highest BCUT2D eigenvalue weighted by Gasteiger charge is 2.47. The van der Waals surface area contributed by atoms with Gasteiger partial charge in [-0.3, -0.25) is 19.4 Å². The minimum absolute atomic E-state index is 0.0272. The second-order valence-corrected chi connectivity index (χ2v) is 8.27. The first-order valence-electron chi connectivity index (χ1n) is 9.80. The van der Waals surface area contributed by atoms with Gasteiger partial charge in [-0.2, -0.15) is 5.10 Å². The lowest BCUT2D eigenvalue weighted by Crippen LogP contribution is -2.39. The van der Waals surface area contributed by atoms with Crippen molar-refractivity contribution in [3.63, 3.8) is 0 Å². The van der Waals surface area contributed by atoms with Gasteiger partial charge in [0, 0.05) is 18.0 Å². The second-order valence-electron chi connectivity index (χ2n) is 8.27. The molecule has 2 aliphatic rings. The van der Waals surface area contributed by atoms with Gasteiger partial charge in [0.15, 0.2) is 0 Å². The molecule has 0 unspecified atom stereocenters. The van der Waals surface area contributed by atoms with Crippen LogP contribution in [0.4, 0.5) is 5.69 Å². The second kappa shape index (κ2) is 6.14. The monoisotopic (exact) mass is 389 g/mol. The molecule has 0 N–H and O–H groups in total. The van der Waals surface area contributed by atoms with Gasteiger partial charge in [-0.05, 0) is 51.3 Å². The average molecular weight is 389 g/mol. The number of aromatic nitrogens is 4. The molecule has 7 nitrogen and oxygen atoms in total. The zero-order valence-corrected chi connectivity index (χ0v) is 17.0. The summed E-state index contributed by atoms with van der Waals surface area (Å²) in [6.07, 6.45) is 9.49. The maximum atomic E-state index is 13.4. The first kappa shape index (κ1) is 17.8. The van der Waals surface area contributed by atoms with Crippen LogP contribution in [-0.4, -0.2) is 32.8 Å². The van der Waals surface area contributed by atoms with E-state index in [2.05, 4.69) is 10.1 Å². The van der Waals surface area contributed by atoms with Crippen molar-refractivity contribution in [2.75, 3.05) is 12.0 Å². The van der Waals surface area contributed by atoms with Crippen molar-refractivity contribution in [2.45, 2.75) is 45.2 Å². The first-order chi connectivity index (χ1) is 13.9. The van der Waals surface area contributed by atoms with Gasteiger partial charge in [-0.1, -0.05) is 0 Å². The molecule has 3 aromatic rings. The van der Waals surface area contributed by atoms with Crippen LogP contribution in [0.5, 0.6) is 5.75 Å². The first-order valence-corrected chi connectivity index (χ1v) is 9.80. The molecular weight excluding hydrogens is 366 g/mol. The van der Waals surface area contributed by atoms with E-state index in [4.69, 9.17) is 9.72 Å². The third kappa shape index (κ3) is 2.72. The van der Waals surface area contributed by atoms with E-state index in [0.29, 0.717) is 17.4 Å². The standard InChI is InChI=1S/C22H23N5O2/c1-13-7-18(14-8-17(29-4)11-23-9-14)25-20-19(13)21(28)27(22(20,2)3)16-10-24-26(12-16)15-5-6-15/h7-12,15H,5-6H2,1-4H3. The molecule has 0 bridgehead atoms. The van der Waals surface area contributed by atoms with Crippen molar-refractivity contribution >= 4 is 11.6 Å². The molecule has 1 amide bonds. The number of hydrogen-bond acceptors (Lipinski definition) is 5. The molecule has 1 aliphatic carbocycles. The number of anilines is 1. The predicted octanol–water partition coefficient (Wildman–Crippen LogP) is 3.89. The van der Waals surface area contributed by atoms with E-state index in [-0.39, 0.29) is 5.91 Å². The van der Waals surface area contributed by atoms with Crippen molar-refractivity contribution in [1.29, 1.82) is 0 Å². The van der Waals surface area contributed by atoms with Crippen LogP contribution < -0.4 is 9.64 Å². The van der Waals surface area contributed by atoms with Gasteiger partial charge in [-0.25, -0.2) is 4.98 Å². The van der Waals surface area contributed by atoms with E-state index in [1.807, 2.05) is 48.7 Å². The van der Waals surface area contributed by atoms with Crippen molar-refractivity contribution < 1.29 is 9.53 Å². The summed E-state index contributed by atoms with van der Waals surface area (Å²) in [4.78, 5) is 24.4. The SMILES string of the molecule is COc1cncc(-c2cc(C)c3c(n2)C(C)(C)N(c2cnn(C4CC4)c2)C3=O)c1. The smallest absolute Gasteiger partial charge is 0.261 e. The number of nitrogens with zero attached hydrogens (tertiary/aromatic N) is 5. The van der Waals surface area contributed by atoms with Crippen LogP contribution in [-0.2, 0) is 5.54 Å². The highest BCUT2D eigenvalue weighted by atomic mass is 16.5. The van der Waals surface area contributed by atoms with E-state index in [0.717, 1.165) is 41.0 Å². The summed E-state index contributed by atoms with van der Waals surface area (Å²) in [5, 5.41) is 4.47. The van der Waals surface area contributed by atoms with E-state index in [1.165, 1.54) is 0 Å². The summed E-state index contributed by atoms with van der Waals surface area (Å²) in [6, 6.07) is 4.32. The quantitative estimate of drug-likeness (QED) is 0.677. The van der Waals surface area contributed by atoms with Crippen molar-refractivity contribution in [2.24, 2.45) is 0 Å². The van der Waals surface area contributed by atoms with Gasteiger partial charge in [0.2, 0.25) is 0 Å². The van der Waals surface area contributed by atoms with Gasteiger partial charge >= 0.3 is 0 Å². The maximum Gasteiger partial charge on any atom is 0.261 e. The topological polar surface area (TPSA) is 73.1 Å². The normalized spacial score (nSPS) is 17.5. The Morgan fingerprint density at radius 3 is 2.69 bits per heavy atom. The zero-order valence-electron chi connectivity index (χ0n) is 17.0. The molecule has 29 heavy (non-hydrogen) atoms. The Bertz CT molecular complexity index is 1130. The lowest BCUT2D eigenvalue weighted by Gasteiger charge is -2.30. The Labute approximate surface area is 169 Å². The lowest BCUT2D eigenvalue weighted by molar-refractivity contribution is 0.0981. The number of carbonyl (C=O) groups excluding carboxylic acids is 1. The van der Waals surface area contributed by atoms with Gasteiger partial charge in [-0.15, -0.1) is 0 Å². The molecule has 0 saturated heterocycles. The van der Waals surface area contributed by atoms with Crippen LogP contribution in [0, 0.1) is 6.92 Å². The summed E-state index contributed by atoms with van der Waals surface area (Å²) in [6.45, 7) is 6.03. The Kier molecular flexibility index (Phi) is 3.78. The molecule has 0 spiro atoms. The summed E-state index contributed by atoms with van der Waals surface area (Å²) >= 11 is 0. The number of rotatable bonds is 4. The molecule has 0 atom stereocenters. The van der Waals surface area contributed by atoms with Gasteiger partial charge < -0.3 is 4.74 Å². The van der Waals surface area contributed by atoms with Crippen LogP contribution in [0.1, 0.15) is 54.3 Å². The number of methoxy groups -OCH3 is 1. The van der Waals surface area contributed by atoms with Crippen LogP contribution >= 0.6 is 0 Å². The molecule has 0 aromatic carbocycles. The molecule has 1 aliphatic heterocycles. The molecular formula is C22H23N5O2. The van der Waals surface area contributed by atoms with E-state index in [9.17, 15) is 4.79 Å². The fraction of sp³-hybridized carbons (Fsp3) is 0.364. The van der Waals surface area contributed by atoms with Gasteiger partial charge in [0.05, 0.1) is 53.7 Å². The van der Waals surface area contributed by atoms with E-state index < -0.39 is 5.54 Å². The summed E-state index contributed by atoms with van der Waals surface area (Å²) in [7, 11) is 1.61. The Balaban J connectivity index is 1.60. The number of amides is 1. The highest BCUT2D eigenvalue weighted by Crippen LogP contribution is 2.44. The fourth-order valence-electron chi connectivity index (χ4n) is 4.10. The molecule has 4 heterocycles. The number of pyridine rings is 2. The van der Waals surface area contributed by atoms with Gasteiger partial charge in [0.25, 0.3) is 5.91 Å². The number of ether oxygens (including phenoxy) is 1. The van der Waals surface area contributed by atoms with Crippen LogP contribution in [0.15, 0.2) is 36.9 Å². The zero-order chi connectivity index (χ0) is 20.3. The van der Waals surface area contributed by atoms with E-state index >= 15 is 0 Å². The molecule has 1 fully saturated rings. The fourth-order valence-corrected chi connectivity index (χ4v) is 4.10. The summed E-state index contributed by atoms with van der Waals surface area (Å²) in [5.41, 5.74) is 4.23. The molecule has 3 aromatic heterocycles. The average Bonchev–Trinajstić information content (AvgIpc) is 3.41. The third-order valence-electron chi connectivity index (χ3n) is 5.78. The van der Waals surface area contributed by atoms with Crippen LogP contribution in [0.3, 0.4) is 0 Å². The van der Waals surface area contributed by atoms with Crippen molar-refractivity contribution in [3.8, 4) is 17.0 Å². The van der Waals surface area contributed by atoms with Crippen LogP contribution in [0.2, 0.25) is 0 Å². The minimum Gasteiger partial charge on any atom is -0.495 e. The molecule has 7 heteroatoms. The molecule has 5 rings (SSSR count). The number of aryl methyl sites for hydroxylation is 1. The summed E-state index contributed by atoms with van der Waals surface area (Å²) < 4.78 is 7.26. The van der Waals surface area contributed by atoms with E-state index in [1.54, 1.807) is 25.7 Å². The van der Waals surface area contributed by atoms with Crippen molar-refractivity contribution in [1.82, 2.24) is 19.7 Å². The molecule has 0 radical (unpaired) electrons. The Morgan fingerprint density at radius 1 is 1.17 bits per heavy atom. The largest absolute Gasteiger partial charge is 0.495 e. The number of fused-ring (bicyclic) bond motifs is 1. The summed E-state index contributed by atoms with van der Waals surface area (Å²) in [5.74, 6) is 0.646. The number of carbonyl (C=O) groups is 1. The molecule has 148 valence electrons. The lowest BCUT2D eigenvalue weighted by atomic mass is 9.96. The molecule has 1 saturated carbocycles. The number of hydrogen-bond donors (Lipinski definition) is 0. The maximum absolute atomic E-state index is 13.4. The minimum atomic E-state index is -0.586.